The topological polar surface area (TPSA) is 46.2 Å². The number of rotatable bonds is 3. The number of hydrogen-bond donors (Lipinski definition) is 1. The van der Waals surface area contributed by atoms with Crippen molar-refractivity contribution in [1.29, 1.82) is 0 Å². The molecule has 0 aromatic rings. The molecule has 0 aromatic heterocycles. The Bertz CT molecular complexity index is 185. The van der Waals surface area contributed by atoms with Gasteiger partial charge in [0.05, 0.1) is 5.25 Å². The molecule has 3 nitrogen and oxygen atoms in total. The lowest BCUT2D eigenvalue weighted by atomic mass is 11.0. The number of hydrogen-bond acceptors (Lipinski definition) is 2. The molecule has 1 rings (SSSR count). The predicted molar refractivity (Wildman–Crippen MR) is 31.1 cm³/mol. The molecule has 0 saturated heterocycles. The van der Waals surface area contributed by atoms with E-state index in [4.69, 9.17) is 0 Å². The van der Waals surface area contributed by atoms with Crippen LogP contribution in [0.25, 0.3) is 0 Å². The molecular weight excluding hydrogens is 145 g/mol. The SMILES string of the molecule is O=S(=O)(NCF)C1CC1. The average molecular weight is 153 g/mol. The second-order valence-corrected chi connectivity index (χ2v) is 4.07. The Morgan fingerprint density at radius 3 is 2.44 bits per heavy atom. The van der Waals surface area contributed by atoms with Gasteiger partial charge in [-0.25, -0.2) is 12.8 Å². The first-order valence-electron chi connectivity index (χ1n) is 2.71. The first kappa shape index (κ1) is 6.95. The highest BCUT2D eigenvalue weighted by Gasteiger charge is 2.35. The fraction of sp³-hybridized carbons (Fsp3) is 1.00. The van der Waals surface area contributed by atoms with E-state index in [-0.39, 0.29) is 5.25 Å². The van der Waals surface area contributed by atoms with E-state index in [1.54, 1.807) is 4.72 Å². The molecule has 0 bridgehead atoms. The van der Waals surface area contributed by atoms with E-state index in [0.717, 1.165) is 0 Å². The largest absolute Gasteiger partial charge is 0.233 e. The molecule has 54 valence electrons. The van der Waals surface area contributed by atoms with Crippen LogP contribution in [0.5, 0.6) is 0 Å². The van der Waals surface area contributed by atoms with Gasteiger partial charge in [-0.3, -0.25) is 0 Å². The molecule has 0 atom stereocenters. The quantitative estimate of drug-likeness (QED) is 0.580. The highest BCUT2D eigenvalue weighted by atomic mass is 32.2. The van der Waals surface area contributed by atoms with Gasteiger partial charge in [0, 0.05) is 0 Å². The van der Waals surface area contributed by atoms with Gasteiger partial charge in [0.15, 0.2) is 6.80 Å². The van der Waals surface area contributed by atoms with Crippen molar-refractivity contribution in [3.05, 3.63) is 0 Å². The highest BCUT2D eigenvalue weighted by Crippen LogP contribution is 2.27. The van der Waals surface area contributed by atoms with E-state index in [1.165, 1.54) is 0 Å². The van der Waals surface area contributed by atoms with Gasteiger partial charge in [-0.2, -0.15) is 4.72 Å². The van der Waals surface area contributed by atoms with Crippen molar-refractivity contribution in [3.63, 3.8) is 0 Å². The number of nitrogens with one attached hydrogen (secondary N) is 1. The Labute approximate surface area is 53.3 Å². The average Bonchev–Trinajstić information content (AvgIpc) is 2.41. The fourth-order valence-electron chi connectivity index (χ4n) is 0.572. The van der Waals surface area contributed by atoms with Crippen LogP contribution in [0.2, 0.25) is 0 Å². The Morgan fingerprint density at radius 1 is 1.56 bits per heavy atom. The Balaban J connectivity index is 2.51. The van der Waals surface area contributed by atoms with Gasteiger partial charge in [-0.15, -0.1) is 0 Å². The summed E-state index contributed by atoms with van der Waals surface area (Å²) in [4.78, 5) is 0. The van der Waals surface area contributed by atoms with Crippen molar-refractivity contribution < 1.29 is 12.8 Å². The second-order valence-electron chi connectivity index (χ2n) is 2.02. The van der Waals surface area contributed by atoms with Crippen molar-refractivity contribution in [1.82, 2.24) is 4.72 Å². The summed E-state index contributed by atoms with van der Waals surface area (Å²) in [6.45, 7) is -0.987. The number of alkyl halides is 1. The van der Waals surface area contributed by atoms with Crippen molar-refractivity contribution in [3.8, 4) is 0 Å². The molecule has 0 amide bonds. The zero-order valence-corrected chi connectivity index (χ0v) is 5.62. The molecule has 0 spiro atoms. The summed E-state index contributed by atoms with van der Waals surface area (Å²) in [5, 5.41) is -0.312. The lowest BCUT2D eigenvalue weighted by Crippen LogP contribution is -2.26. The van der Waals surface area contributed by atoms with Crippen LogP contribution >= 0.6 is 0 Å². The van der Waals surface area contributed by atoms with Gasteiger partial charge in [0.1, 0.15) is 0 Å². The van der Waals surface area contributed by atoms with Crippen LogP contribution in [-0.2, 0) is 10.0 Å². The van der Waals surface area contributed by atoms with E-state index in [0.29, 0.717) is 12.8 Å². The zero-order chi connectivity index (χ0) is 6.91. The summed E-state index contributed by atoms with van der Waals surface area (Å²) < 4.78 is 34.5. The van der Waals surface area contributed by atoms with Crippen LogP contribution in [0.4, 0.5) is 4.39 Å². The van der Waals surface area contributed by atoms with E-state index in [9.17, 15) is 12.8 Å². The van der Waals surface area contributed by atoms with Crippen LogP contribution < -0.4 is 4.72 Å². The predicted octanol–water partition coefficient (Wildman–Crippen LogP) is -0.00480. The Hall–Kier alpha value is -0.160. The van der Waals surface area contributed by atoms with Gasteiger partial charge in [0.25, 0.3) is 0 Å². The van der Waals surface area contributed by atoms with Crippen molar-refractivity contribution >= 4 is 10.0 Å². The van der Waals surface area contributed by atoms with Crippen molar-refractivity contribution in [2.45, 2.75) is 18.1 Å². The minimum atomic E-state index is -3.26. The summed E-state index contributed by atoms with van der Waals surface area (Å²) in [5.74, 6) is 0. The molecule has 5 heteroatoms. The molecule has 0 heterocycles. The van der Waals surface area contributed by atoms with E-state index in [1.807, 2.05) is 0 Å². The van der Waals surface area contributed by atoms with Crippen LogP contribution in [0.3, 0.4) is 0 Å². The Kier molecular flexibility index (Phi) is 1.72. The molecular formula is C4H8FNO2S. The molecule has 9 heavy (non-hydrogen) atoms. The molecule has 0 unspecified atom stereocenters. The smallest absolute Gasteiger partial charge is 0.216 e. The van der Waals surface area contributed by atoms with E-state index in [2.05, 4.69) is 0 Å². The monoisotopic (exact) mass is 153 g/mol. The summed E-state index contributed by atoms with van der Waals surface area (Å²) in [6, 6.07) is 0. The van der Waals surface area contributed by atoms with Gasteiger partial charge < -0.3 is 0 Å². The third-order valence-electron chi connectivity index (χ3n) is 1.22. The summed E-state index contributed by atoms with van der Waals surface area (Å²) in [7, 11) is -3.26. The first-order valence-corrected chi connectivity index (χ1v) is 4.26. The first-order chi connectivity index (χ1) is 4.17. The second kappa shape index (κ2) is 2.22. The maximum atomic E-state index is 11.4. The standard InChI is InChI=1S/C4H8FNO2S/c5-3-6-9(7,8)4-1-2-4/h4,6H,1-3H2. The Morgan fingerprint density at radius 2 is 2.11 bits per heavy atom. The number of halogens is 1. The van der Waals surface area contributed by atoms with Crippen LogP contribution in [0.1, 0.15) is 12.8 Å². The molecule has 0 radical (unpaired) electrons. The maximum Gasteiger partial charge on any atom is 0.216 e. The molecule has 1 aliphatic rings. The van der Waals surface area contributed by atoms with Gasteiger partial charge >= 0.3 is 0 Å². The van der Waals surface area contributed by atoms with Crippen molar-refractivity contribution in [2.75, 3.05) is 6.80 Å². The molecule has 1 saturated carbocycles. The fourth-order valence-corrected chi connectivity index (χ4v) is 1.72. The minimum Gasteiger partial charge on any atom is -0.233 e. The normalized spacial score (nSPS) is 20.1. The molecule has 1 fully saturated rings. The minimum absolute atomic E-state index is 0.312. The number of sulfonamides is 1. The third kappa shape index (κ3) is 1.62. The van der Waals surface area contributed by atoms with E-state index >= 15 is 0 Å². The van der Waals surface area contributed by atoms with E-state index < -0.39 is 16.8 Å². The molecule has 1 N–H and O–H groups in total. The lowest BCUT2D eigenvalue weighted by molar-refractivity contribution is 0.468. The maximum absolute atomic E-state index is 11.4. The van der Waals surface area contributed by atoms with Crippen LogP contribution in [0, 0.1) is 0 Å². The summed E-state index contributed by atoms with van der Waals surface area (Å²) >= 11 is 0. The van der Waals surface area contributed by atoms with Gasteiger partial charge in [0.2, 0.25) is 10.0 Å². The molecule has 1 aliphatic carbocycles. The highest BCUT2D eigenvalue weighted by molar-refractivity contribution is 7.90. The molecule has 0 aliphatic heterocycles. The lowest BCUT2D eigenvalue weighted by Gasteiger charge is -1.97. The zero-order valence-electron chi connectivity index (χ0n) is 4.80. The third-order valence-corrected chi connectivity index (χ3v) is 3.08. The molecule has 0 aromatic carbocycles. The summed E-state index contributed by atoms with van der Waals surface area (Å²) in [5.41, 5.74) is 0. The van der Waals surface area contributed by atoms with Gasteiger partial charge in [-0.05, 0) is 12.8 Å². The summed E-state index contributed by atoms with van der Waals surface area (Å²) in [6.07, 6.45) is 1.35. The van der Waals surface area contributed by atoms with Crippen LogP contribution in [0.15, 0.2) is 0 Å². The van der Waals surface area contributed by atoms with Crippen LogP contribution in [-0.4, -0.2) is 20.5 Å². The van der Waals surface area contributed by atoms with Crippen molar-refractivity contribution in [2.24, 2.45) is 0 Å². The van der Waals surface area contributed by atoms with Gasteiger partial charge in [-0.1, -0.05) is 0 Å².